The summed E-state index contributed by atoms with van der Waals surface area (Å²) in [6.45, 7) is 1.66. The van der Waals surface area contributed by atoms with E-state index in [1.54, 1.807) is 17.0 Å². The first-order chi connectivity index (χ1) is 16.0. The maximum atomic E-state index is 15.2. The van der Waals surface area contributed by atoms with Crippen LogP contribution in [0.2, 0.25) is 0 Å². The van der Waals surface area contributed by atoms with E-state index in [0.717, 1.165) is 10.8 Å². The molecule has 1 saturated heterocycles. The molecule has 1 N–H and O–H groups in total. The fourth-order valence-electron chi connectivity index (χ4n) is 4.38. The summed E-state index contributed by atoms with van der Waals surface area (Å²) >= 11 is 0. The van der Waals surface area contributed by atoms with Crippen molar-refractivity contribution in [1.29, 1.82) is 0 Å². The minimum Gasteiger partial charge on any atom is -0.477 e. The Labute approximate surface area is 190 Å². The van der Waals surface area contributed by atoms with Crippen molar-refractivity contribution in [2.45, 2.75) is 19.6 Å². The van der Waals surface area contributed by atoms with Crippen molar-refractivity contribution < 1.29 is 31.9 Å². The summed E-state index contributed by atoms with van der Waals surface area (Å²) in [4.78, 5) is 26.9. The van der Waals surface area contributed by atoms with Crippen LogP contribution in [0.4, 0.5) is 33.3 Å². The second-order valence-electron chi connectivity index (χ2n) is 7.86. The third-order valence-corrected chi connectivity index (χ3v) is 5.93. The van der Waals surface area contributed by atoms with Crippen LogP contribution >= 0.6 is 0 Å². The third kappa shape index (κ3) is 3.95. The smallest absolute Gasteiger partial charge is 0.420 e. The van der Waals surface area contributed by atoms with Gasteiger partial charge in [0.25, 0.3) is 0 Å². The summed E-state index contributed by atoms with van der Waals surface area (Å²) < 4.78 is 73.3. The fourth-order valence-corrected chi connectivity index (χ4v) is 4.38. The quantitative estimate of drug-likeness (QED) is 0.562. The Balaban J connectivity index is 1.86. The molecular weight excluding hydrogens is 461 g/mol. The van der Waals surface area contributed by atoms with Crippen LogP contribution in [0.15, 0.2) is 41.3 Å². The number of pyridine rings is 1. The zero-order valence-electron chi connectivity index (χ0n) is 18.0. The summed E-state index contributed by atoms with van der Waals surface area (Å²) in [5.74, 6) is -3.36. The number of halogens is 5. The standard InChI is InChI=1S/C23H20F5N3O3/c1-2-29-12-14(22(33)34)21(32)13-11-16(25)20(18(19(13)29)23(26,27)28)31-9-7-30(8-10-31)17-6-4-3-5-15(17)24/h3-6,11-12H,2,7-10H2,1H3,(H,33,34). The first-order valence-electron chi connectivity index (χ1n) is 10.5. The van der Waals surface area contributed by atoms with E-state index in [9.17, 15) is 32.3 Å². The zero-order valence-corrected chi connectivity index (χ0v) is 18.0. The highest BCUT2D eigenvalue weighted by Crippen LogP contribution is 2.43. The average molecular weight is 481 g/mol. The van der Waals surface area contributed by atoms with E-state index in [2.05, 4.69) is 0 Å². The number of carboxylic acids is 1. The Morgan fingerprint density at radius 1 is 1.03 bits per heavy atom. The van der Waals surface area contributed by atoms with Gasteiger partial charge in [-0.05, 0) is 25.1 Å². The van der Waals surface area contributed by atoms with Crippen LogP contribution in [-0.4, -0.2) is 41.8 Å². The number of benzene rings is 2. The van der Waals surface area contributed by atoms with Gasteiger partial charge in [-0.2, -0.15) is 13.2 Å². The van der Waals surface area contributed by atoms with Gasteiger partial charge in [0.05, 0.1) is 22.3 Å². The molecule has 1 aliphatic heterocycles. The molecule has 0 unspecified atom stereocenters. The van der Waals surface area contributed by atoms with Gasteiger partial charge in [-0.1, -0.05) is 12.1 Å². The second-order valence-corrected chi connectivity index (χ2v) is 7.86. The molecule has 0 amide bonds. The number of anilines is 2. The molecule has 1 aromatic heterocycles. The molecule has 0 atom stereocenters. The van der Waals surface area contributed by atoms with E-state index >= 15 is 4.39 Å². The van der Waals surface area contributed by atoms with Crippen molar-refractivity contribution in [1.82, 2.24) is 4.57 Å². The molecule has 11 heteroatoms. The second kappa shape index (κ2) is 8.62. The molecular formula is C23H20F5N3O3. The predicted octanol–water partition coefficient (Wildman–Crippen LogP) is 4.34. The lowest BCUT2D eigenvalue weighted by molar-refractivity contribution is -0.136. The maximum absolute atomic E-state index is 15.2. The topological polar surface area (TPSA) is 65.8 Å². The highest BCUT2D eigenvalue weighted by Gasteiger charge is 2.41. The van der Waals surface area contributed by atoms with Gasteiger partial charge in [0, 0.05) is 38.9 Å². The molecule has 4 rings (SSSR count). The minimum atomic E-state index is -5.04. The van der Waals surface area contributed by atoms with Crippen molar-refractivity contribution in [3.63, 3.8) is 0 Å². The molecule has 1 fully saturated rings. The zero-order chi connectivity index (χ0) is 24.8. The molecule has 3 aromatic rings. The Morgan fingerprint density at radius 3 is 2.21 bits per heavy atom. The van der Waals surface area contributed by atoms with Gasteiger partial charge in [0.2, 0.25) is 5.43 Å². The van der Waals surface area contributed by atoms with Crippen LogP contribution < -0.4 is 15.2 Å². The summed E-state index contributed by atoms with van der Waals surface area (Å²) in [6.07, 6.45) is -4.19. The number of nitrogens with zero attached hydrogens (tertiary/aromatic N) is 3. The molecule has 0 bridgehead atoms. The monoisotopic (exact) mass is 481 g/mol. The van der Waals surface area contributed by atoms with E-state index in [1.807, 2.05) is 0 Å². The van der Waals surface area contributed by atoms with Crippen LogP contribution in [0.5, 0.6) is 0 Å². The Bertz CT molecular complexity index is 1330. The number of aromatic nitrogens is 1. The van der Waals surface area contributed by atoms with Gasteiger partial charge >= 0.3 is 12.1 Å². The highest BCUT2D eigenvalue weighted by molar-refractivity contribution is 5.95. The lowest BCUT2D eigenvalue weighted by atomic mass is 10.0. The molecule has 1 aliphatic rings. The first-order valence-corrected chi connectivity index (χ1v) is 10.5. The van der Waals surface area contributed by atoms with Gasteiger partial charge in [-0.3, -0.25) is 4.79 Å². The first kappa shape index (κ1) is 23.5. The number of alkyl halides is 3. The Kier molecular flexibility index (Phi) is 5.96. The number of hydrogen-bond acceptors (Lipinski definition) is 4. The number of carboxylic acid groups (broad SMARTS) is 1. The van der Waals surface area contributed by atoms with E-state index < -0.39 is 56.9 Å². The maximum Gasteiger partial charge on any atom is 0.420 e. The Morgan fingerprint density at radius 2 is 1.65 bits per heavy atom. The molecule has 2 heterocycles. The van der Waals surface area contributed by atoms with Crippen LogP contribution in [0.3, 0.4) is 0 Å². The van der Waals surface area contributed by atoms with Crippen LogP contribution in [0.25, 0.3) is 10.9 Å². The number of hydrogen-bond donors (Lipinski definition) is 1. The average Bonchev–Trinajstić information content (AvgIpc) is 2.78. The molecule has 2 aromatic carbocycles. The third-order valence-electron chi connectivity index (χ3n) is 5.93. The molecule has 0 saturated carbocycles. The van der Waals surface area contributed by atoms with Crippen molar-refractivity contribution in [2.24, 2.45) is 0 Å². The molecule has 0 spiro atoms. The van der Waals surface area contributed by atoms with Crippen molar-refractivity contribution >= 4 is 28.2 Å². The SMILES string of the molecule is CCn1cc(C(=O)O)c(=O)c2cc(F)c(N3CCN(c4ccccc4F)CC3)c(C(F)(F)F)c21. The van der Waals surface area contributed by atoms with Crippen molar-refractivity contribution in [3.8, 4) is 0 Å². The van der Waals surface area contributed by atoms with Crippen molar-refractivity contribution in [2.75, 3.05) is 36.0 Å². The lowest BCUT2D eigenvalue weighted by Crippen LogP contribution is -2.47. The summed E-state index contributed by atoms with van der Waals surface area (Å²) in [6, 6.07) is 6.68. The van der Waals surface area contributed by atoms with Crippen LogP contribution in [-0.2, 0) is 12.7 Å². The number of aromatic carboxylic acids is 1. The number of aryl methyl sites for hydroxylation is 1. The highest BCUT2D eigenvalue weighted by atomic mass is 19.4. The Hall–Kier alpha value is -3.63. The van der Waals surface area contributed by atoms with E-state index in [4.69, 9.17) is 0 Å². The van der Waals surface area contributed by atoms with E-state index in [-0.39, 0.29) is 32.7 Å². The molecule has 0 radical (unpaired) electrons. The van der Waals surface area contributed by atoms with Crippen molar-refractivity contribution in [3.05, 3.63) is 69.5 Å². The van der Waals surface area contributed by atoms with E-state index in [0.29, 0.717) is 11.8 Å². The molecule has 34 heavy (non-hydrogen) atoms. The van der Waals surface area contributed by atoms with Gasteiger partial charge in [0.1, 0.15) is 22.8 Å². The number of piperazine rings is 1. The summed E-state index contributed by atoms with van der Waals surface area (Å²) in [7, 11) is 0. The number of carbonyl (C=O) groups is 1. The van der Waals surface area contributed by atoms with Gasteiger partial charge < -0.3 is 19.5 Å². The summed E-state index contributed by atoms with van der Waals surface area (Å²) in [5, 5.41) is 8.62. The lowest BCUT2D eigenvalue weighted by Gasteiger charge is -2.38. The number of fused-ring (bicyclic) bond motifs is 1. The summed E-state index contributed by atoms with van der Waals surface area (Å²) in [5.41, 5.74) is -4.24. The molecule has 180 valence electrons. The molecule has 0 aliphatic carbocycles. The fraction of sp³-hybridized carbons (Fsp3) is 0.304. The van der Waals surface area contributed by atoms with Crippen LogP contribution in [0, 0.1) is 11.6 Å². The van der Waals surface area contributed by atoms with E-state index in [1.165, 1.54) is 24.0 Å². The predicted molar refractivity (Wildman–Crippen MR) is 117 cm³/mol. The number of rotatable bonds is 4. The van der Waals surface area contributed by atoms with Gasteiger partial charge in [-0.25, -0.2) is 13.6 Å². The largest absolute Gasteiger partial charge is 0.477 e. The van der Waals surface area contributed by atoms with Crippen LogP contribution in [0.1, 0.15) is 22.8 Å². The van der Waals surface area contributed by atoms with Gasteiger partial charge in [0.15, 0.2) is 0 Å². The van der Waals surface area contributed by atoms with Gasteiger partial charge in [-0.15, -0.1) is 0 Å². The number of para-hydroxylation sites is 1. The normalized spacial score (nSPS) is 14.6. The minimum absolute atomic E-state index is 0.0244. The molecule has 6 nitrogen and oxygen atoms in total.